The number of methoxy groups -OCH3 is 1. The number of nitrogens with zero attached hydrogens (tertiary/aromatic N) is 3. The largest absolute Gasteiger partial charge is 0.384 e. The Balaban J connectivity index is 1.83. The van der Waals surface area contributed by atoms with Crippen molar-refractivity contribution in [3.05, 3.63) is 36.2 Å². The first kappa shape index (κ1) is 15.7. The van der Waals surface area contributed by atoms with Crippen LogP contribution in [0.1, 0.15) is 12.7 Å². The first-order chi connectivity index (χ1) is 10.2. The van der Waals surface area contributed by atoms with Gasteiger partial charge in [0.15, 0.2) is 0 Å². The Morgan fingerprint density at radius 1 is 1.33 bits per heavy atom. The average molecular weight is 306 g/mol. The predicted molar refractivity (Wildman–Crippen MR) is 88.3 cm³/mol. The molecule has 0 aliphatic rings. The van der Waals surface area contributed by atoms with E-state index in [4.69, 9.17) is 4.74 Å². The van der Waals surface area contributed by atoms with Gasteiger partial charge in [0.25, 0.3) is 0 Å². The molecule has 5 nitrogen and oxygen atoms in total. The highest BCUT2D eigenvalue weighted by Crippen LogP contribution is 2.16. The van der Waals surface area contributed by atoms with Gasteiger partial charge >= 0.3 is 0 Å². The van der Waals surface area contributed by atoms with Gasteiger partial charge in [-0.1, -0.05) is 18.2 Å². The van der Waals surface area contributed by atoms with Crippen LogP contribution in [0, 0.1) is 0 Å². The summed E-state index contributed by atoms with van der Waals surface area (Å²) in [5, 5.41) is 4.22. The topological polar surface area (TPSA) is 50.3 Å². The SMILES string of the molecule is COCCc1nsc(NCC(C)N(C)c2ccccc2)n1. The number of hydrogen-bond donors (Lipinski definition) is 1. The molecule has 114 valence electrons. The Labute approximate surface area is 130 Å². The number of rotatable bonds is 8. The molecule has 1 aromatic heterocycles. The molecule has 1 unspecified atom stereocenters. The molecule has 2 rings (SSSR count). The summed E-state index contributed by atoms with van der Waals surface area (Å²) < 4.78 is 9.34. The quantitative estimate of drug-likeness (QED) is 0.812. The van der Waals surface area contributed by atoms with Crippen molar-refractivity contribution in [2.45, 2.75) is 19.4 Å². The van der Waals surface area contributed by atoms with Gasteiger partial charge in [-0.3, -0.25) is 0 Å². The number of para-hydroxylation sites is 1. The summed E-state index contributed by atoms with van der Waals surface area (Å²) >= 11 is 1.40. The molecule has 0 amide bonds. The summed E-state index contributed by atoms with van der Waals surface area (Å²) in [5.74, 6) is 0.841. The van der Waals surface area contributed by atoms with E-state index in [-0.39, 0.29) is 0 Å². The molecule has 2 aromatic rings. The van der Waals surface area contributed by atoms with Crippen LogP contribution in [0.2, 0.25) is 0 Å². The number of hydrogen-bond acceptors (Lipinski definition) is 6. The van der Waals surface area contributed by atoms with E-state index in [9.17, 15) is 0 Å². The lowest BCUT2D eigenvalue weighted by atomic mass is 10.2. The van der Waals surface area contributed by atoms with Crippen LogP contribution in [0.15, 0.2) is 30.3 Å². The van der Waals surface area contributed by atoms with E-state index >= 15 is 0 Å². The Morgan fingerprint density at radius 3 is 2.81 bits per heavy atom. The Bertz CT molecular complexity index is 531. The van der Waals surface area contributed by atoms with Crippen LogP contribution in [-0.2, 0) is 11.2 Å². The van der Waals surface area contributed by atoms with E-state index in [1.165, 1.54) is 17.2 Å². The molecule has 1 N–H and O–H groups in total. The standard InChI is InChI=1S/C15H22N4OS/c1-12(19(2)13-7-5-4-6-8-13)11-16-15-17-14(18-21-15)9-10-20-3/h4-8,12H,9-11H2,1-3H3,(H,16,17,18). The van der Waals surface area contributed by atoms with Gasteiger partial charge in [0, 0.05) is 50.4 Å². The van der Waals surface area contributed by atoms with Crippen molar-refractivity contribution in [3.8, 4) is 0 Å². The smallest absolute Gasteiger partial charge is 0.202 e. The Kier molecular flexibility index (Phi) is 5.95. The summed E-state index contributed by atoms with van der Waals surface area (Å²) in [7, 11) is 3.79. The average Bonchev–Trinajstić information content (AvgIpc) is 2.98. The summed E-state index contributed by atoms with van der Waals surface area (Å²) in [6, 6.07) is 10.7. The molecule has 0 radical (unpaired) electrons. The van der Waals surface area contributed by atoms with Gasteiger partial charge in [-0.05, 0) is 19.1 Å². The lowest BCUT2D eigenvalue weighted by molar-refractivity contribution is 0.201. The third-order valence-corrected chi connectivity index (χ3v) is 4.08. The first-order valence-corrected chi connectivity index (χ1v) is 7.81. The number of ether oxygens (including phenoxy) is 1. The molecule has 0 aliphatic heterocycles. The Morgan fingerprint density at radius 2 is 2.10 bits per heavy atom. The van der Waals surface area contributed by atoms with Crippen LogP contribution in [-0.4, -0.2) is 42.7 Å². The van der Waals surface area contributed by atoms with Crippen molar-refractivity contribution in [2.24, 2.45) is 0 Å². The number of nitrogens with one attached hydrogen (secondary N) is 1. The van der Waals surface area contributed by atoms with E-state index < -0.39 is 0 Å². The highest BCUT2D eigenvalue weighted by molar-refractivity contribution is 7.09. The van der Waals surface area contributed by atoms with E-state index in [0.717, 1.165) is 23.9 Å². The van der Waals surface area contributed by atoms with Gasteiger partial charge in [0.1, 0.15) is 5.82 Å². The maximum absolute atomic E-state index is 5.03. The highest BCUT2D eigenvalue weighted by atomic mass is 32.1. The molecule has 6 heteroatoms. The second kappa shape index (κ2) is 7.95. The predicted octanol–water partition coefficient (Wildman–Crippen LogP) is 2.66. The normalized spacial score (nSPS) is 12.1. The van der Waals surface area contributed by atoms with Crippen molar-refractivity contribution in [3.63, 3.8) is 0 Å². The fraction of sp³-hybridized carbons (Fsp3) is 0.467. The summed E-state index contributed by atoms with van der Waals surface area (Å²) in [4.78, 5) is 6.70. The van der Waals surface area contributed by atoms with Crippen LogP contribution in [0.5, 0.6) is 0 Å². The second-order valence-electron chi connectivity index (χ2n) is 4.93. The number of aromatic nitrogens is 2. The Hall–Kier alpha value is -1.66. The molecule has 0 bridgehead atoms. The monoisotopic (exact) mass is 306 g/mol. The number of likely N-dealkylation sites (N-methyl/N-ethyl adjacent to an activating group) is 1. The summed E-state index contributed by atoms with van der Waals surface area (Å²) in [5.41, 5.74) is 1.21. The van der Waals surface area contributed by atoms with E-state index in [1.54, 1.807) is 7.11 Å². The van der Waals surface area contributed by atoms with Crippen molar-refractivity contribution in [1.29, 1.82) is 0 Å². The lowest BCUT2D eigenvalue weighted by Gasteiger charge is -2.27. The maximum Gasteiger partial charge on any atom is 0.202 e. The van der Waals surface area contributed by atoms with Crippen LogP contribution < -0.4 is 10.2 Å². The minimum Gasteiger partial charge on any atom is -0.384 e. The lowest BCUT2D eigenvalue weighted by Crippen LogP contribution is -2.34. The zero-order valence-corrected chi connectivity index (χ0v) is 13.6. The van der Waals surface area contributed by atoms with Gasteiger partial charge in [-0.15, -0.1) is 0 Å². The van der Waals surface area contributed by atoms with Gasteiger partial charge in [0.05, 0.1) is 6.61 Å². The van der Waals surface area contributed by atoms with E-state index in [0.29, 0.717) is 12.6 Å². The minimum absolute atomic E-state index is 0.360. The van der Waals surface area contributed by atoms with Crippen molar-refractivity contribution < 1.29 is 4.74 Å². The van der Waals surface area contributed by atoms with E-state index in [1.807, 2.05) is 6.07 Å². The summed E-state index contributed by atoms with van der Waals surface area (Å²) in [6.07, 6.45) is 0.758. The van der Waals surface area contributed by atoms with E-state index in [2.05, 4.69) is 57.8 Å². The minimum atomic E-state index is 0.360. The zero-order valence-electron chi connectivity index (χ0n) is 12.7. The number of benzene rings is 1. The molecular formula is C15H22N4OS. The summed E-state index contributed by atoms with van der Waals surface area (Å²) in [6.45, 7) is 3.67. The first-order valence-electron chi connectivity index (χ1n) is 7.04. The van der Waals surface area contributed by atoms with Gasteiger partial charge in [-0.2, -0.15) is 4.37 Å². The molecule has 1 atom stereocenters. The molecule has 1 heterocycles. The number of anilines is 2. The molecule has 0 fully saturated rings. The molecule has 0 saturated carbocycles. The van der Waals surface area contributed by atoms with Gasteiger partial charge in [0.2, 0.25) is 5.13 Å². The highest BCUT2D eigenvalue weighted by Gasteiger charge is 2.11. The second-order valence-corrected chi connectivity index (χ2v) is 5.69. The van der Waals surface area contributed by atoms with Crippen molar-refractivity contribution in [1.82, 2.24) is 9.36 Å². The molecule has 0 aliphatic carbocycles. The molecule has 0 spiro atoms. The van der Waals surface area contributed by atoms with Gasteiger partial charge < -0.3 is 15.0 Å². The molecular weight excluding hydrogens is 284 g/mol. The zero-order chi connectivity index (χ0) is 15.1. The fourth-order valence-corrected chi connectivity index (χ4v) is 2.53. The third-order valence-electron chi connectivity index (χ3n) is 3.37. The molecule has 21 heavy (non-hydrogen) atoms. The fourth-order valence-electron chi connectivity index (χ4n) is 1.91. The maximum atomic E-state index is 5.03. The molecule has 0 saturated heterocycles. The van der Waals surface area contributed by atoms with Gasteiger partial charge in [-0.25, -0.2) is 4.98 Å². The van der Waals surface area contributed by atoms with Crippen LogP contribution in [0.3, 0.4) is 0 Å². The van der Waals surface area contributed by atoms with Crippen molar-refractivity contribution in [2.75, 3.05) is 37.5 Å². The van der Waals surface area contributed by atoms with Crippen LogP contribution in [0.25, 0.3) is 0 Å². The third kappa shape index (κ3) is 4.68. The molecule has 1 aromatic carbocycles. The van der Waals surface area contributed by atoms with Crippen LogP contribution >= 0.6 is 11.5 Å². The van der Waals surface area contributed by atoms with Crippen LogP contribution in [0.4, 0.5) is 10.8 Å². The van der Waals surface area contributed by atoms with Crippen molar-refractivity contribution >= 4 is 22.4 Å².